The molecule has 0 spiro atoms. The Balaban J connectivity index is 1.97. The van der Waals surface area contributed by atoms with Crippen LogP contribution in [0.2, 0.25) is 0 Å². The summed E-state index contributed by atoms with van der Waals surface area (Å²) < 4.78 is 5.54. The second-order valence-electron chi connectivity index (χ2n) is 5.04. The fourth-order valence-corrected chi connectivity index (χ4v) is 2.90. The molecule has 1 aliphatic rings. The smallest absolute Gasteiger partial charge is 0.124 e. The average molecular weight is 242 g/mol. The van der Waals surface area contributed by atoms with Crippen molar-refractivity contribution in [2.75, 3.05) is 0 Å². The number of furan rings is 1. The van der Waals surface area contributed by atoms with Crippen LogP contribution in [0.5, 0.6) is 0 Å². The lowest BCUT2D eigenvalue weighted by atomic mass is 9.81. The second-order valence-corrected chi connectivity index (χ2v) is 5.04. The van der Waals surface area contributed by atoms with Gasteiger partial charge in [0.1, 0.15) is 5.76 Å². The number of rotatable bonds is 2. The van der Waals surface area contributed by atoms with Crippen molar-refractivity contribution in [3.8, 4) is 0 Å². The fourth-order valence-electron chi connectivity index (χ4n) is 2.90. The number of hydrogen-bond donors (Lipinski definition) is 1. The summed E-state index contributed by atoms with van der Waals surface area (Å²) in [6, 6.07) is 6.05. The molecule has 2 atom stereocenters. The molecule has 0 saturated heterocycles. The van der Waals surface area contributed by atoms with Gasteiger partial charge in [-0.05, 0) is 49.4 Å². The molecule has 3 rings (SSSR count). The maximum Gasteiger partial charge on any atom is 0.124 e. The van der Waals surface area contributed by atoms with Crippen molar-refractivity contribution in [3.63, 3.8) is 0 Å². The van der Waals surface area contributed by atoms with Gasteiger partial charge in [-0.25, -0.2) is 0 Å². The topological polar surface area (TPSA) is 52.0 Å². The van der Waals surface area contributed by atoms with Crippen molar-refractivity contribution in [2.45, 2.75) is 38.1 Å². The molecule has 3 nitrogen and oxygen atoms in total. The van der Waals surface area contributed by atoms with Crippen LogP contribution >= 0.6 is 0 Å². The van der Waals surface area contributed by atoms with Gasteiger partial charge in [0.05, 0.1) is 12.3 Å². The Labute approximate surface area is 107 Å². The minimum atomic E-state index is -0.0889. The number of fused-ring (bicyclic) bond motifs is 1. The summed E-state index contributed by atoms with van der Waals surface area (Å²) in [5, 5.41) is 0. The van der Waals surface area contributed by atoms with E-state index >= 15 is 0 Å². The van der Waals surface area contributed by atoms with Gasteiger partial charge in [-0.3, -0.25) is 4.98 Å². The number of hydrogen-bond acceptors (Lipinski definition) is 3. The first-order valence-electron chi connectivity index (χ1n) is 6.50. The summed E-state index contributed by atoms with van der Waals surface area (Å²) in [7, 11) is 0. The monoisotopic (exact) mass is 242 g/mol. The first-order valence-corrected chi connectivity index (χ1v) is 6.50. The van der Waals surface area contributed by atoms with Gasteiger partial charge in [0.25, 0.3) is 0 Å². The highest BCUT2D eigenvalue weighted by Crippen LogP contribution is 2.38. The first-order chi connectivity index (χ1) is 8.77. The number of nitrogens with two attached hydrogens (primary N) is 1. The van der Waals surface area contributed by atoms with E-state index in [1.165, 1.54) is 12.0 Å². The van der Waals surface area contributed by atoms with Crippen LogP contribution in [0, 0.1) is 6.92 Å². The molecule has 0 amide bonds. The average Bonchev–Trinajstić information content (AvgIpc) is 2.83. The van der Waals surface area contributed by atoms with E-state index in [1.54, 1.807) is 6.26 Å². The lowest BCUT2D eigenvalue weighted by Gasteiger charge is -2.28. The Morgan fingerprint density at radius 3 is 3.11 bits per heavy atom. The summed E-state index contributed by atoms with van der Waals surface area (Å²) >= 11 is 0. The summed E-state index contributed by atoms with van der Waals surface area (Å²) in [4.78, 5) is 4.54. The maximum atomic E-state index is 6.40. The third kappa shape index (κ3) is 1.85. The zero-order chi connectivity index (χ0) is 12.5. The molecule has 2 aromatic heterocycles. The first kappa shape index (κ1) is 11.5. The maximum absolute atomic E-state index is 6.40. The Kier molecular flexibility index (Phi) is 2.92. The van der Waals surface area contributed by atoms with E-state index in [2.05, 4.69) is 11.1 Å². The standard InChI is InChI=1S/C15H18N2O/c1-10-7-9-18-15(10)13(16)12-6-2-4-11-5-3-8-17-14(11)12/h3,5,7-9,12-13H,2,4,6,16H2,1H3. The van der Waals surface area contributed by atoms with E-state index < -0.39 is 0 Å². The van der Waals surface area contributed by atoms with Gasteiger partial charge >= 0.3 is 0 Å². The number of aromatic nitrogens is 1. The second kappa shape index (κ2) is 4.58. The third-order valence-corrected chi connectivity index (χ3v) is 3.88. The molecular formula is C15H18N2O. The zero-order valence-electron chi connectivity index (χ0n) is 10.6. The van der Waals surface area contributed by atoms with E-state index in [4.69, 9.17) is 10.2 Å². The van der Waals surface area contributed by atoms with Crippen molar-refractivity contribution in [1.29, 1.82) is 0 Å². The molecule has 2 aromatic rings. The summed E-state index contributed by atoms with van der Waals surface area (Å²) in [5.41, 5.74) is 10.0. The molecule has 2 N–H and O–H groups in total. The van der Waals surface area contributed by atoms with Crippen LogP contribution in [0.25, 0.3) is 0 Å². The normalized spacial score (nSPS) is 20.4. The summed E-state index contributed by atoms with van der Waals surface area (Å²) in [6.45, 7) is 2.04. The van der Waals surface area contributed by atoms with Crippen LogP contribution in [0.4, 0.5) is 0 Å². The molecule has 94 valence electrons. The predicted octanol–water partition coefficient (Wildman–Crippen LogP) is 3.10. The lowest BCUT2D eigenvalue weighted by Crippen LogP contribution is -2.24. The van der Waals surface area contributed by atoms with Gasteiger partial charge in [-0.2, -0.15) is 0 Å². The van der Waals surface area contributed by atoms with Crippen molar-refractivity contribution >= 4 is 0 Å². The lowest BCUT2D eigenvalue weighted by molar-refractivity contribution is 0.388. The van der Waals surface area contributed by atoms with Crippen LogP contribution in [0.15, 0.2) is 35.1 Å². The third-order valence-electron chi connectivity index (χ3n) is 3.88. The van der Waals surface area contributed by atoms with Gasteiger partial charge in [-0.1, -0.05) is 6.07 Å². The quantitative estimate of drug-likeness (QED) is 0.880. The molecule has 0 aromatic carbocycles. The van der Waals surface area contributed by atoms with Gasteiger partial charge < -0.3 is 10.2 Å². The molecule has 0 saturated carbocycles. The zero-order valence-corrected chi connectivity index (χ0v) is 10.6. The highest BCUT2D eigenvalue weighted by Gasteiger charge is 2.30. The Hall–Kier alpha value is -1.61. The molecule has 18 heavy (non-hydrogen) atoms. The molecule has 1 aliphatic carbocycles. The largest absolute Gasteiger partial charge is 0.467 e. The minimum Gasteiger partial charge on any atom is -0.467 e. The summed E-state index contributed by atoms with van der Waals surface area (Å²) in [5.74, 6) is 1.18. The van der Waals surface area contributed by atoms with Crippen LogP contribution < -0.4 is 5.73 Å². The highest BCUT2D eigenvalue weighted by molar-refractivity contribution is 5.30. The minimum absolute atomic E-state index is 0.0889. The molecule has 0 aliphatic heterocycles. The van der Waals surface area contributed by atoms with Crippen LogP contribution in [-0.4, -0.2) is 4.98 Å². The Bertz CT molecular complexity index is 547. The number of pyridine rings is 1. The van der Waals surface area contributed by atoms with Crippen LogP contribution in [0.3, 0.4) is 0 Å². The SMILES string of the molecule is Cc1ccoc1C(N)C1CCCc2cccnc21. The Morgan fingerprint density at radius 2 is 2.33 bits per heavy atom. The molecule has 2 heterocycles. The number of aryl methyl sites for hydroxylation is 2. The van der Waals surface area contributed by atoms with Crippen LogP contribution in [0.1, 0.15) is 47.4 Å². The van der Waals surface area contributed by atoms with E-state index in [1.807, 2.05) is 25.3 Å². The molecule has 3 heteroatoms. The molecule has 0 radical (unpaired) electrons. The summed E-state index contributed by atoms with van der Waals surface area (Å²) in [6.07, 6.45) is 6.96. The predicted molar refractivity (Wildman–Crippen MR) is 70.3 cm³/mol. The van der Waals surface area contributed by atoms with Gasteiger partial charge in [0, 0.05) is 17.8 Å². The van der Waals surface area contributed by atoms with Crippen LogP contribution in [-0.2, 0) is 6.42 Å². The highest BCUT2D eigenvalue weighted by atomic mass is 16.3. The van der Waals surface area contributed by atoms with Gasteiger partial charge in [0.15, 0.2) is 0 Å². The van der Waals surface area contributed by atoms with Crippen molar-refractivity contribution in [2.24, 2.45) is 5.73 Å². The van der Waals surface area contributed by atoms with Crippen molar-refractivity contribution in [1.82, 2.24) is 4.98 Å². The van der Waals surface area contributed by atoms with E-state index in [0.29, 0.717) is 0 Å². The molecular weight excluding hydrogens is 224 g/mol. The molecule has 0 fully saturated rings. The van der Waals surface area contributed by atoms with Crippen molar-refractivity contribution in [3.05, 3.63) is 53.2 Å². The fraction of sp³-hybridized carbons (Fsp3) is 0.400. The van der Waals surface area contributed by atoms with Gasteiger partial charge in [0.2, 0.25) is 0 Å². The molecule has 0 bridgehead atoms. The van der Waals surface area contributed by atoms with Gasteiger partial charge in [-0.15, -0.1) is 0 Å². The van der Waals surface area contributed by atoms with E-state index in [0.717, 1.165) is 29.9 Å². The van der Waals surface area contributed by atoms with E-state index in [-0.39, 0.29) is 12.0 Å². The van der Waals surface area contributed by atoms with E-state index in [9.17, 15) is 0 Å². The number of nitrogens with zero attached hydrogens (tertiary/aromatic N) is 1. The Morgan fingerprint density at radius 1 is 1.44 bits per heavy atom. The molecule has 2 unspecified atom stereocenters. The van der Waals surface area contributed by atoms with Crippen molar-refractivity contribution < 1.29 is 4.42 Å².